The fraction of sp³-hybridized carbons (Fsp3) is 0.909. The molecule has 0 aliphatic heterocycles. The van der Waals surface area contributed by atoms with E-state index in [1.165, 1.54) is 77.6 Å². The molecule has 27 heavy (non-hydrogen) atoms. The third-order valence-corrected chi connectivity index (χ3v) is 4.70. The normalized spacial score (nSPS) is 10.7. The molecule has 0 aromatic heterocycles. The van der Waals surface area contributed by atoms with Gasteiger partial charge < -0.3 is 15.4 Å². The number of amides is 2. The van der Waals surface area contributed by atoms with Crippen LogP contribution < -0.4 is 10.6 Å². The first kappa shape index (κ1) is 25.9. The number of hydrogen-bond donors (Lipinski definition) is 2. The van der Waals surface area contributed by atoms with E-state index >= 15 is 0 Å². The molecular weight excluding hydrogens is 340 g/mol. The van der Waals surface area contributed by atoms with Gasteiger partial charge in [-0.2, -0.15) is 0 Å². The first-order valence-corrected chi connectivity index (χ1v) is 11.3. The minimum Gasteiger partial charge on any atom is -0.378 e. The van der Waals surface area contributed by atoms with Crippen LogP contribution in [0.1, 0.15) is 104 Å². The number of ether oxygens (including phenoxy) is 1. The van der Waals surface area contributed by atoms with E-state index in [0.29, 0.717) is 32.7 Å². The molecule has 0 rings (SSSR count). The van der Waals surface area contributed by atoms with Gasteiger partial charge in [-0.25, -0.2) is 0 Å². The lowest BCUT2D eigenvalue weighted by molar-refractivity contribution is -0.121. The predicted octanol–water partition coefficient (Wildman–Crippen LogP) is 4.74. The summed E-state index contributed by atoms with van der Waals surface area (Å²) in [4.78, 5) is 22.4. The Morgan fingerprint density at radius 1 is 0.667 bits per heavy atom. The Hall–Kier alpha value is -1.10. The van der Waals surface area contributed by atoms with Gasteiger partial charge in [0.15, 0.2) is 0 Å². The molecule has 0 aliphatic carbocycles. The first-order chi connectivity index (χ1) is 13.2. The van der Waals surface area contributed by atoms with Crippen LogP contribution in [0, 0.1) is 0 Å². The summed E-state index contributed by atoms with van der Waals surface area (Å²) in [6.45, 7) is 5.77. The topological polar surface area (TPSA) is 67.4 Å². The molecule has 0 bridgehead atoms. The molecule has 0 aromatic rings. The highest BCUT2D eigenvalue weighted by Crippen LogP contribution is 2.12. The van der Waals surface area contributed by atoms with Crippen LogP contribution in [0.25, 0.3) is 0 Å². The summed E-state index contributed by atoms with van der Waals surface area (Å²) in [5.74, 6) is 0.0632. The summed E-state index contributed by atoms with van der Waals surface area (Å²) >= 11 is 0. The number of carbonyl (C=O) groups is 2. The molecular formula is C22H44N2O3. The summed E-state index contributed by atoms with van der Waals surface area (Å²) in [5, 5.41) is 5.54. The quantitative estimate of drug-likeness (QED) is 0.298. The van der Waals surface area contributed by atoms with E-state index in [2.05, 4.69) is 17.6 Å². The lowest BCUT2D eigenvalue weighted by Crippen LogP contribution is -2.29. The Morgan fingerprint density at radius 3 is 1.59 bits per heavy atom. The highest BCUT2D eigenvalue weighted by atomic mass is 16.5. The minimum atomic E-state index is -0.0512. The maximum Gasteiger partial charge on any atom is 0.220 e. The van der Waals surface area contributed by atoms with Gasteiger partial charge in [0.05, 0.1) is 13.2 Å². The molecule has 0 saturated carbocycles. The van der Waals surface area contributed by atoms with E-state index in [9.17, 15) is 9.59 Å². The fourth-order valence-electron chi connectivity index (χ4n) is 3.06. The van der Waals surface area contributed by atoms with E-state index < -0.39 is 0 Å². The smallest absolute Gasteiger partial charge is 0.220 e. The van der Waals surface area contributed by atoms with E-state index in [4.69, 9.17) is 4.74 Å². The van der Waals surface area contributed by atoms with Crippen LogP contribution in [0.3, 0.4) is 0 Å². The minimum absolute atomic E-state index is 0.0512. The lowest BCUT2D eigenvalue weighted by Gasteiger charge is -2.07. The molecule has 0 unspecified atom stereocenters. The summed E-state index contributed by atoms with van der Waals surface area (Å²) < 4.78 is 5.33. The zero-order valence-corrected chi connectivity index (χ0v) is 18.0. The van der Waals surface area contributed by atoms with Crippen LogP contribution in [0.15, 0.2) is 0 Å². The van der Waals surface area contributed by atoms with E-state index in [0.717, 1.165) is 12.8 Å². The third kappa shape index (κ3) is 22.9. The van der Waals surface area contributed by atoms with Crippen molar-refractivity contribution in [3.8, 4) is 0 Å². The van der Waals surface area contributed by atoms with Crippen molar-refractivity contribution in [1.82, 2.24) is 10.6 Å². The standard InChI is InChI=1S/C22H44N2O3/c1-3-4-5-6-7-8-9-10-11-12-13-14-15-16-22(26)24-18-20-27-19-17-23-21(2)25/h3-20H2,1-2H3,(H,23,25)(H,24,26). The molecule has 0 saturated heterocycles. The summed E-state index contributed by atoms with van der Waals surface area (Å²) in [6.07, 6.45) is 17.8. The fourth-order valence-corrected chi connectivity index (χ4v) is 3.06. The van der Waals surface area contributed by atoms with Gasteiger partial charge in [0.2, 0.25) is 11.8 Å². The second kappa shape index (κ2) is 21.2. The van der Waals surface area contributed by atoms with Crippen LogP contribution in [-0.4, -0.2) is 38.1 Å². The van der Waals surface area contributed by atoms with Crippen LogP contribution in [0.5, 0.6) is 0 Å². The van der Waals surface area contributed by atoms with Gasteiger partial charge in [-0.15, -0.1) is 0 Å². The highest BCUT2D eigenvalue weighted by molar-refractivity contribution is 5.75. The second-order valence-electron chi connectivity index (χ2n) is 7.44. The van der Waals surface area contributed by atoms with Gasteiger partial charge in [0.25, 0.3) is 0 Å². The molecule has 0 aromatic carbocycles. The number of unbranched alkanes of at least 4 members (excludes halogenated alkanes) is 12. The van der Waals surface area contributed by atoms with Crippen molar-refractivity contribution >= 4 is 11.8 Å². The first-order valence-electron chi connectivity index (χ1n) is 11.3. The van der Waals surface area contributed by atoms with Crippen molar-refractivity contribution in [2.24, 2.45) is 0 Å². The second-order valence-corrected chi connectivity index (χ2v) is 7.44. The van der Waals surface area contributed by atoms with Crippen LogP contribution >= 0.6 is 0 Å². The Bertz CT molecular complexity index is 348. The monoisotopic (exact) mass is 384 g/mol. The van der Waals surface area contributed by atoms with E-state index in [-0.39, 0.29) is 11.8 Å². The maximum atomic E-state index is 11.7. The zero-order valence-electron chi connectivity index (χ0n) is 18.0. The van der Waals surface area contributed by atoms with Crippen molar-refractivity contribution in [2.45, 2.75) is 104 Å². The average Bonchev–Trinajstić information content (AvgIpc) is 2.64. The molecule has 0 heterocycles. The van der Waals surface area contributed by atoms with Crippen LogP contribution in [-0.2, 0) is 14.3 Å². The lowest BCUT2D eigenvalue weighted by atomic mass is 10.0. The van der Waals surface area contributed by atoms with E-state index in [1.54, 1.807) is 0 Å². The van der Waals surface area contributed by atoms with Crippen molar-refractivity contribution in [3.05, 3.63) is 0 Å². The van der Waals surface area contributed by atoms with Crippen LogP contribution in [0.4, 0.5) is 0 Å². The molecule has 2 amide bonds. The van der Waals surface area contributed by atoms with Crippen molar-refractivity contribution in [3.63, 3.8) is 0 Å². The molecule has 0 atom stereocenters. The summed E-state index contributed by atoms with van der Waals surface area (Å²) in [6, 6.07) is 0. The van der Waals surface area contributed by atoms with Crippen molar-refractivity contribution in [2.75, 3.05) is 26.3 Å². The van der Waals surface area contributed by atoms with Crippen molar-refractivity contribution < 1.29 is 14.3 Å². The number of nitrogens with one attached hydrogen (secondary N) is 2. The summed E-state index contributed by atoms with van der Waals surface area (Å²) in [5.41, 5.74) is 0. The van der Waals surface area contributed by atoms with Gasteiger partial charge in [-0.05, 0) is 6.42 Å². The van der Waals surface area contributed by atoms with Crippen molar-refractivity contribution in [1.29, 1.82) is 0 Å². The molecule has 160 valence electrons. The number of carbonyl (C=O) groups excluding carboxylic acids is 2. The summed E-state index contributed by atoms with van der Waals surface area (Å²) in [7, 11) is 0. The van der Waals surface area contributed by atoms with Gasteiger partial charge in [0, 0.05) is 26.4 Å². The highest BCUT2D eigenvalue weighted by Gasteiger charge is 2.00. The average molecular weight is 385 g/mol. The Balaban J connectivity index is 3.15. The van der Waals surface area contributed by atoms with E-state index in [1.807, 2.05) is 0 Å². The van der Waals surface area contributed by atoms with Gasteiger partial charge in [-0.1, -0.05) is 84.0 Å². The molecule has 0 fully saturated rings. The predicted molar refractivity (Wildman–Crippen MR) is 113 cm³/mol. The zero-order chi connectivity index (χ0) is 20.0. The molecule has 0 spiro atoms. The number of rotatable bonds is 20. The maximum absolute atomic E-state index is 11.7. The SMILES string of the molecule is CCCCCCCCCCCCCCCC(=O)NCCOCCNC(C)=O. The van der Waals surface area contributed by atoms with Gasteiger partial charge in [0.1, 0.15) is 0 Å². The molecule has 5 heteroatoms. The van der Waals surface area contributed by atoms with Gasteiger partial charge >= 0.3 is 0 Å². The Kier molecular flexibility index (Phi) is 20.3. The largest absolute Gasteiger partial charge is 0.378 e. The van der Waals surface area contributed by atoms with Gasteiger partial charge in [-0.3, -0.25) is 9.59 Å². The Morgan fingerprint density at radius 2 is 1.11 bits per heavy atom. The molecule has 2 N–H and O–H groups in total. The molecule has 5 nitrogen and oxygen atoms in total. The third-order valence-electron chi connectivity index (χ3n) is 4.70. The molecule has 0 radical (unpaired) electrons. The van der Waals surface area contributed by atoms with Crippen LogP contribution in [0.2, 0.25) is 0 Å². The number of hydrogen-bond acceptors (Lipinski definition) is 3. The Labute approximate surface area is 167 Å². The molecule has 0 aliphatic rings.